The van der Waals surface area contributed by atoms with Crippen molar-refractivity contribution in [3.05, 3.63) is 0 Å². The molecule has 0 amide bonds. The van der Waals surface area contributed by atoms with Crippen molar-refractivity contribution in [2.75, 3.05) is 0 Å². The van der Waals surface area contributed by atoms with Crippen molar-refractivity contribution >= 4 is 11.9 Å². The lowest BCUT2D eigenvalue weighted by Crippen LogP contribution is -2.42. The Labute approximate surface area is 88.4 Å². The van der Waals surface area contributed by atoms with Crippen LogP contribution in [0.1, 0.15) is 33.6 Å². The lowest BCUT2D eigenvalue weighted by molar-refractivity contribution is -0.157. The normalized spacial score (nSPS) is 33.1. The summed E-state index contributed by atoms with van der Waals surface area (Å²) in [5.41, 5.74) is -1.61. The number of carboxylic acid groups (broad SMARTS) is 2. The predicted molar refractivity (Wildman–Crippen MR) is 53.5 cm³/mol. The van der Waals surface area contributed by atoms with E-state index in [1.807, 2.05) is 0 Å². The van der Waals surface area contributed by atoms with E-state index in [0.717, 1.165) is 0 Å². The first-order valence-electron chi connectivity index (χ1n) is 4.69. The van der Waals surface area contributed by atoms with Crippen molar-refractivity contribution in [1.29, 1.82) is 0 Å². The summed E-state index contributed by atoms with van der Waals surface area (Å²) in [6.45, 7) is 5.10. The molecule has 0 unspecified atom stereocenters. The van der Waals surface area contributed by atoms with Crippen LogP contribution in [0.3, 0.4) is 0 Å². The highest BCUT2D eigenvalue weighted by Gasteiger charge is 2.58. The van der Waals surface area contributed by atoms with E-state index in [0.29, 0.717) is 12.8 Å². The number of carbonyl (C=O) groups is 2. The van der Waals surface area contributed by atoms with Gasteiger partial charge in [-0.25, -0.2) is 0 Å². The van der Waals surface area contributed by atoms with Gasteiger partial charge in [0.05, 0.1) is 11.3 Å². The first-order chi connectivity index (χ1) is 6.23. The maximum Gasteiger partial charge on any atom is 0.309 e. The van der Waals surface area contributed by atoms with Gasteiger partial charge in [-0.15, -0.1) is 0 Å². The third-order valence-electron chi connectivity index (χ3n) is 4.00. The van der Waals surface area contributed by atoms with Crippen LogP contribution in [0.15, 0.2) is 0 Å². The number of hydrogen-bond donors (Lipinski definition) is 2. The van der Waals surface area contributed by atoms with Gasteiger partial charge in [0.25, 0.3) is 0 Å². The molecule has 0 spiro atoms. The minimum absolute atomic E-state index is 0. The molecule has 1 aliphatic rings. The molecule has 1 aliphatic carbocycles. The largest absolute Gasteiger partial charge is 0.481 e. The zero-order chi connectivity index (χ0) is 11.1. The van der Waals surface area contributed by atoms with Crippen LogP contribution in [0.25, 0.3) is 0 Å². The Kier molecular flexibility index (Phi) is 3.53. The van der Waals surface area contributed by atoms with Gasteiger partial charge in [-0.2, -0.15) is 0 Å². The molecule has 5 nitrogen and oxygen atoms in total. The molecule has 0 aliphatic heterocycles. The van der Waals surface area contributed by atoms with Gasteiger partial charge in [-0.3, -0.25) is 9.59 Å². The van der Waals surface area contributed by atoms with Gasteiger partial charge in [0.1, 0.15) is 0 Å². The molecule has 1 fully saturated rings. The highest BCUT2D eigenvalue weighted by Crippen LogP contribution is 2.56. The molecule has 0 heterocycles. The Morgan fingerprint density at radius 3 is 1.87 bits per heavy atom. The molecule has 0 aromatic heterocycles. The van der Waals surface area contributed by atoms with E-state index in [-0.39, 0.29) is 5.48 Å². The first kappa shape index (κ1) is 13.9. The zero-order valence-electron chi connectivity index (χ0n) is 9.20. The molecular weight excluding hydrogens is 200 g/mol. The third kappa shape index (κ3) is 1.71. The standard InChI is InChI=1S/C10H16O4.H2O/c1-9(2)6(7(11)12)4-5-10(9,3)8(13)14;/h6H,4-5H2,1-3H3,(H,11,12)(H,13,14);1H2/t6-,10+;/m0./s1. The fourth-order valence-electron chi connectivity index (χ4n) is 2.32. The number of rotatable bonds is 2. The first-order valence-corrected chi connectivity index (χ1v) is 4.69. The van der Waals surface area contributed by atoms with Crippen molar-refractivity contribution < 1.29 is 25.3 Å². The average molecular weight is 218 g/mol. The molecule has 15 heavy (non-hydrogen) atoms. The quantitative estimate of drug-likeness (QED) is 0.713. The van der Waals surface area contributed by atoms with E-state index in [1.54, 1.807) is 20.8 Å². The Morgan fingerprint density at radius 1 is 1.20 bits per heavy atom. The maximum absolute atomic E-state index is 11.1. The second kappa shape index (κ2) is 3.81. The number of hydrogen-bond acceptors (Lipinski definition) is 2. The van der Waals surface area contributed by atoms with Gasteiger partial charge >= 0.3 is 11.9 Å². The molecule has 1 saturated carbocycles. The lowest BCUT2D eigenvalue weighted by atomic mass is 9.66. The van der Waals surface area contributed by atoms with Crippen molar-refractivity contribution in [3.8, 4) is 0 Å². The van der Waals surface area contributed by atoms with Crippen molar-refractivity contribution in [1.82, 2.24) is 0 Å². The van der Waals surface area contributed by atoms with Crippen LogP contribution < -0.4 is 0 Å². The minimum Gasteiger partial charge on any atom is -0.481 e. The van der Waals surface area contributed by atoms with E-state index >= 15 is 0 Å². The smallest absolute Gasteiger partial charge is 0.309 e. The van der Waals surface area contributed by atoms with Gasteiger partial charge in [-0.1, -0.05) is 13.8 Å². The van der Waals surface area contributed by atoms with E-state index < -0.39 is 28.7 Å². The van der Waals surface area contributed by atoms with Gasteiger partial charge in [0.2, 0.25) is 0 Å². The maximum atomic E-state index is 11.1. The Morgan fingerprint density at radius 2 is 1.67 bits per heavy atom. The van der Waals surface area contributed by atoms with Crippen LogP contribution in [-0.2, 0) is 9.59 Å². The molecular formula is C10H18O5. The minimum atomic E-state index is -0.921. The molecule has 2 atom stereocenters. The number of aliphatic carboxylic acids is 2. The topological polar surface area (TPSA) is 106 Å². The van der Waals surface area contributed by atoms with Crippen LogP contribution in [0.5, 0.6) is 0 Å². The second-order valence-corrected chi connectivity index (χ2v) is 4.79. The van der Waals surface area contributed by atoms with Crippen LogP contribution in [0, 0.1) is 16.7 Å². The van der Waals surface area contributed by atoms with Gasteiger partial charge in [0, 0.05) is 0 Å². The fraction of sp³-hybridized carbons (Fsp3) is 0.800. The second-order valence-electron chi connectivity index (χ2n) is 4.79. The molecule has 0 saturated heterocycles. The lowest BCUT2D eigenvalue weighted by Gasteiger charge is -2.36. The van der Waals surface area contributed by atoms with Crippen LogP contribution in [0.2, 0.25) is 0 Å². The van der Waals surface area contributed by atoms with Crippen molar-refractivity contribution in [2.45, 2.75) is 33.6 Å². The molecule has 88 valence electrons. The van der Waals surface area contributed by atoms with Gasteiger partial charge in [-0.05, 0) is 25.2 Å². The third-order valence-corrected chi connectivity index (χ3v) is 4.00. The summed E-state index contributed by atoms with van der Waals surface area (Å²) in [4.78, 5) is 22.0. The highest BCUT2D eigenvalue weighted by molar-refractivity contribution is 5.80. The van der Waals surface area contributed by atoms with Crippen LogP contribution in [-0.4, -0.2) is 27.6 Å². The molecule has 1 rings (SSSR count). The van der Waals surface area contributed by atoms with Crippen molar-refractivity contribution in [2.24, 2.45) is 16.7 Å². The van der Waals surface area contributed by atoms with Crippen LogP contribution >= 0.6 is 0 Å². The molecule has 4 N–H and O–H groups in total. The Hall–Kier alpha value is -1.10. The summed E-state index contributed by atoms with van der Waals surface area (Å²) >= 11 is 0. The summed E-state index contributed by atoms with van der Waals surface area (Å²) in [6.07, 6.45) is 0.886. The van der Waals surface area contributed by atoms with E-state index in [2.05, 4.69) is 0 Å². The van der Waals surface area contributed by atoms with Gasteiger partial charge < -0.3 is 15.7 Å². The monoisotopic (exact) mass is 218 g/mol. The Bertz CT molecular complexity index is 284. The highest BCUT2D eigenvalue weighted by atomic mass is 16.4. The molecule has 0 bridgehead atoms. The van der Waals surface area contributed by atoms with E-state index in [9.17, 15) is 9.59 Å². The van der Waals surface area contributed by atoms with E-state index in [4.69, 9.17) is 10.2 Å². The molecule has 0 radical (unpaired) electrons. The number of carboxylic acids is 2. The molecule has 0 aromatic rings. The summed E-state index contributed by atoms with van der Waals surface area (Å²) in [6, 6.07) is 0. The Balaban J connectivity index is 0.00000196. The zero-order valence-corrected chi connectivity index (χ0v) is 9.20. The summed E-state index contributed by atoms with van der Waals surface area (Å²) in [5.74, 6) is -2.34. The van der Waals surface area contributed by atoms with Gasteiger partial charge in [0.15, 0.2) is 0 Å². The molecule has 0 aromatic carbocycles. The predicted octanol–water partition coefficient (Wildman–Crippen LogP) is 0.773. The molecule has 5 heteroatoms. The van der Waals surface area contributed by atoms with E-state index in [1.165, 1.54) is 0 Å². The average Bonchev–Trinajstić information content (AvgIpc) is 2.24. The summed E-state index contributed by atoms with van der Waals surface area (Å²) in [5, 5.41) is 18.1. The SMILES string of the molecule is CC1(C)[C@H](C(=O)O)CC[C@]1(C)C(=O)O.O. The fourth-order valence-corrected chi connectivity index (χ4v) is 2.32. The van der Waals surface area contributed by atoms with Crippen LogP contribution in [0.4, 0.5) is 0 Å². The summed E-state index contributed by atoms with van der Waals surface area (Å²) < 4.78 is 0. The summed E-state index contributed by atoms with van der Waals surface area (Å²) in [7, 11) is 0. The van der Waals surface area contributed by atoms with Crippen molar-refractivity contribution in [3.63, 3.8) is 0 Å².